The fourth-order valence-corrected chi connectivity index (χ4v) is 2.13. The number of carbonyl (C=O) groups excluding carboxylic acids is 1. The third kappa shape index (κ3) is 2.38. The number of hydrogen-bond acceptors (Lipinski definition) is 3. The lowest BCUT2D eigenvalue weighted by atomic mass is 10.0. The van der Waals surface area contributed by atoms with E-state index in [9.17, 15) is 9.90 Å². The second-order valence-corrected chi connectivity index (χ2v) is 4.55. The van der Waals surface area contributed by atoms with Crippen LogP contribution in [-0.2, 0) is 0 Å². The number of halogens is 1. The van der Waals surface area contributed by atoms with Crippen molar-refractivity contribution < 1.29 is 14.6 Å². The molecule has 0 aliphatic carbocycles. The molecule has 0 fully saturated rings. The van der Waals surface area contributed by atoms with Gasteiger partial charge in [-0.1, -0.05) is 30.3 Å². The Hall–Kier alpha value is -1.81. The Bertz CT molecular complexity index is 579. The summed E-state index contributed by atoms with van der Waals surface area (Å²) in [7, 11) is 1.50. The molecule has 2 aromatic carbocycles. The number of rotatable bonds is 3. The summed E-state index contributed by atoms with van der Waals surface area (Å²) in [5.41, 5.74) is 0.777. The van der Waals surface area contributed by atoms with Crippen molar-refractivity contribution in [3.63, 3.8) is 0 Å². The molecule has 2 rings (SSSR count). The zero-order chi connectivity index (χ0) is 13.1. The van der Waals surface area contributed by atoms with Crippen LogP contribution >= 0.6 is 15.9 Å². The molecule has 0 aliphatic rings. The molecule has 18 heavy (non-hydrogen) atoms. The first-order chi connectivity index (χ1) is 8.63. The van der Waals surface area contributed by atoms with Gasteiger partial charge < -0.3 is 9.84 Å². The van der Waals surface area contributed by atoms with E-state index >= 15 is 0 Å². The van der Waals surface area contributed by atoms with Gasteiger partial charge in [-0.2, -0.15) is 0 Å². The summed E-state index contributed by atoms with van der Waals surface area (Å²) in [5, 5.41) is 9.86. The Labute approximate surface area is 113 Å². The van der Waals surface area contributed by atoms with Gasteiger partial charge in [-0.15, -0.1) is 0 Å². The SMILES string of the molecule is COc1cc(O)c(C(=O)c2ccccc2)cc1Br. The molecule has 0 aliphatic heterocycles. The summed E-state index contributed by atoms with van der Waals surface area (Å²) in [6, 6.07) is 11.8. The van der Waals surface area contributed by atoms with E-state index in [1.54, 1.807) is 30.3 Å². The minimum atomic E-state index is -0.226. The molecule has 0 radical (unpaired) electrons. The van der Waals surface area contributed by atoms with Crippen LogP contribution in [0.2, 0.25) is 0 Å². The third-order valence-corrected chi connectivity index (χ3v) is 3.17. The molecule has 0 heterocycles. The molecule has 2 aromatic rings. The number of methoxy groups -OCH3 is 1. The number of ketones is 1. The van der Waals surface area contributed by atoms with Gasteiger partial charge in [-0.25, -0.2) is 0 Å². The van der Waals surface area contributed by atoms with Gasteiger partial charge in [0.15, 0.2) is 5.78 Å². The van der Waals surface area contributed by atoms with Gasteiger partial charge in [-0.05, 0) is 22.0 Å². The number of benzene rings is 2. The van der Waals surface area contributed by atoms with E-state index in [1.165, 1.54) is 13.2 Å². The van der Waals surface area contributed by atoms with Crippen molar-refractivity contribution in [1.82, 2.24) is 0 Å². The fraction of sp³-hybridized carbons (Fsp3) is 0.0714. The number of carbonyl (C=O) groups is 1. The second-order valence-electron chi connectivity index (χ2n) is 3.70. The molecule has 0 spiro atoms. The highest BCUT2D eigenvalue weighted by molar-refractivity contribution is 9.10. The lowest BCUT2D eigenvalue weighted by Gasteiger charge is -2.08. The average molecular weight is 307 g/mol. The van der Waals surface area contributed by atoms with Crippen LogP contribution in [0.15, 0.2) is 46.9 Å². The van der Waals surface area contributed by atoms with Crippen molar-refractivity contribution in [2.24, 2.45) is 0 Å². The lowest BCUT2D eigenvalue weighted by molar-refractivity contribution is 0.103. The molecule has 0 aromatic heterocycles. The second kappa shape index (κ2) is 5.23. The molecule has 3 nitrogen and oxygen atoms in total. The number of ether oxygens (including phenoxy) is 1. The molecule has 1 N–H and O–H groups in total. The van der Waals surface area contributed by atoms with Crippen molar-refractivity contribution >= 4 is 21.7 Å². The maximum Gasteiger partial charge on any atom is 0.196 e. The summed E-state index contributed by atoms with van der Waals surface area (Å²) in [6.45, 7) is 0. The van der Waals surface area contributed by atoms with Gasteiger partial charge in [0, 0.05) is 11.6 Å². The van der Waals surface area contributed by atoms with E-state index in [-0.39, 0.29) is 17.1 Å². The summed E-state index contributed by atoms with van der Waals surface area (Å²) >= 11 is 3.29. The van der Waals surface area contributed by atoms with E-state index in [4.69, 9.17) is 4.74 Å². The summed E-state index contributed by atoms with van der Waals surface area (Å²) in [6.07, 6.45) is 0. The van der Waals surface area contributed by atoms with Crippen LogP contribution in [0, 0.1) is 0 Å². The van der Waals surface area contributed by atoms with Gasteiger partial charge in [0.05, 0.1) is 17.1 Å². The standard InChI is InChI=1S/C14H11BrO3/c1-18-13-8-12(16)10(7-11(13)15)14(17)9-5-3-2-4-6-9/h2-8,16H,1H3. The molecule has 0 amide bonds. The fourth-order valence-electron chi connectivity index (χ4n) is 1.63. The Morgan fingerprint density at radius 2 is 1.89 bits per heavy atom. The maximum absolute atomic E-state index is 12.2. The predicted octanol–water partition coefficient (Wildman–Crippen LogP) is 3.39. The maximum atomic E-state index is 12.2. The Kier molecular flexibility index (Phi) is 3.67. The van der Waals surface area contributed by atoms with E-state index < -0.39 is 0 Å². The quantitative estimate of drug-likeness (QED) is 0.884. The van der Waals surface area contributed by atoms with Crippen molar-refractivity contribution in [2.45, 2.75) is 0 Å². The highest BCUT2D eigenvalue weighted by Gasteiger charge is 2.16. The Morgan fingerprint density at radius 3 is 2.50 bits per heavy atom. The van der Waals surface area contributed by atoms with E-state index in [1.807, 2.05) is 6.07 Å². The van der Waals surface area contributed by atoms with Gasteiger partial charge in [0.2, 0.25) is 0 Å². The number of phenolic OH excluding ortho intramolecular Hbond substituents is 1. The largest absolute Gasteiger partial charge is 0.507 e. The number of phenols is 1. The van der Waals surface area contributed by atoms with Crippen LogP contribution in [0.4, 0.5) is 0 Å². The number of aromatic hydroxyl groups is 1. The van der Waals surface area contributed by atoms with Gasteiger partial charge >= 0.3 is 0 Å². The molecule has 92 valence electrons. The molecule has 4 heteroatoms. The van der Waals surface area contributed by atoms with Crippen molar-refractivity contribution in [3.8, 4) is 11.5 Å². The highest BCUT2D eigenvalue weighted by atomic mass is 79.9. The van der Waals surface area contributed by atoms with Crippen LogP contribution in [0.1, 0.15) is 15.9 Å². The summed E-state index contributed by atoms with van der Waals surface area (Å²) in [5.74, 6) is 0.164. The molecule has 0 atom stereocenters. The van der Waals surface area contributed by atoms with Crippen LogP contribution in [0.25, 0.3) is 0 Å². The average Bonchev–Trinajstić information content (AvgIpc) is 2.41. The van der Waals surface area contributed by atoms with Crippen LogP contribution in [-0.4, -0.2) is 18.0 Å². The van der Waals surface area contributed by atoms with E-state index in [2.05, 4.69) is 15.9 Å². The summed E-state index contributed by atoms with van der Waals surface area (Å²) < 4.78 is 5.67. The molecule has 0 unspecified atom stereocenters. The summed E-state index contributed by atoms with van der Waals surface area (Å²) in [4.78, 5) is 12.2. The zero-order valence-corrected chi connectivity index (χ0v) is 11.3. The zero-order valence-electron chi connectivity index (χ0n) is 9.68. The highest BCUT2D eigenvalue weighted by Crippen LogP contribution is 2.33. The topological polar surface area (TPSA) is 46.5 Å². The van der Waals surface area contributed by atoms with Crippen LogP contribution in [0.5, 0.6) is 11.5 Å². The molecular formula is C14H11BrO3. The molecule has 0 bridgehead atoms. The van der Waals surface area contributed by atoms with Gasteiger partial charge in [0.25, 0.3) is 0 Å². The van der Waals surface area contributed by atoms with Crippen molar-refractivity contribution in [1.29, 1.82) is 0 Å². The predicted molar refractivity (Wildman–Crippen MR) is 72.2 cm³/mol. The van der Waals surface area contributed by atoms with Crippen molar-refractivity contribution in [3.05, 3.63) is 58.1 Å². The van der Waals surface area contributed by atoms with Gasteiger partial charge in [-0.3, -0.25) is 4.79 Å². The Morgan fingerprint density at radius 1 is 1.22 bits per heavy atom. The normalized spacial score (nSPS) is 10.1. The van der Waals surface area contributed by atoms with Gasteiger partial charge in [0.1, 0.15) is 11.5 Å². The molecular weight excluding hydrogens is 296 g/mol. The molecule has 0 saturated carbocycles. The monoisotopic (exact) mass is 306 g/mol. The van der Waals surface area contributed by atoms with E-state index in [0.717, 1.165) is 0 Å². The third-order valence-electron chi connectivity index (χ3n) is 2.55. The first-order valence-corrected chi connectivity index (χ1v) is 6.09. The van der Waals surface area contributed by atoms with Crippen molar-refractivity contribution in [2.75, 3.05) is 7.11 Å². The van der Waals surface area contributed by atoms with E-state index in [0.29, 0.717) is 15.8 Å². The lowest BCUT2D eigenvalue weighted by Crippen LogP contribution is -2.02. The molecule has 0 saturated heterocycles. The minimum Gasteiger partial charge on any atom is -0.507 e. The minimum absolute atomic E-state index is 0.0936. The van der Waals surface area contributed by atoms with Crippen LogP contribution in [0.3, 0.4) is 0 Å². The Balaban J connectivity index is 2.46. The van der Waals surface area contributed by atoms with Crippen LogP contribution < -0.4 is 4.74 Å². The number of hydrogen-bond donors (Lipinski definition) is 1. The smallest absolute Gasteiger partial charge is 0.196 e. The first kappa shape index (κ1) is 12.6. The first-order valence-electron chi connectivity index (χ1n) is 5.29.